The number of carbonyl (C=O) groups is 1. The van der Waals surface area contributed by atoms with Crippen molar-refractivity contribution in [3.05, 3.63) is 45.7 Å². The molecule has 1 aromatic heterocycles. The van der Waals surface area contributed by atoms with Gasteiger partial charge in [0.2, 0.25) is 17.4 Å². The van der Waals surface area contributed by atoms with Crippen LogP contribution in [0.4, 0.5) is 17.6 Å². The Labute approximate surface area is 129 Å². The minimum Gasteiger partial charge on any atom is -0.493 e. The first kappa shape index (κ1) is 16.2. The lowest BCUT2D eigenvalue weighted by Crippen LogP contribution is -2.04. The van der Waals surface area contributed by atoms with Crippen molar-refractivity contribution in [3.8, 4) is 17.2 Å². The van der Waals surface area contributed by atoms with Gasteiger partial charge < -0.3 is 9.47 Å². The van der Waals surface area contributed by atoms with Gasteiger partial charge in [-0.05, 0) is 28.1 Å². The van der Waals surface area contributed by atoms with E-state index in [9.17, 15) is 22.4 Å². The van der Waals surface area contributed by atoms with Gasteiger partial charge in [0.15, 0.2) is 17.8 Å². The first-order valence-electron chi connectivity index (χ1n) is 5.59. The molecule has 1 heterocycles. The fourth-order valence-electron chi connectivity index (χ4n) is 1.55. The molecule has 0 N–H and O–H groups in total. The molecular formula is C13H6BrF4NO3. The van der Waals surface area contributed by atoms with E-state index in [2.05, 4.69) is 20.9 Å². The van der Waals surface area contributed by atoms with Crippen LogP contribution in [-0.4, -0.2) is 18.4 Å². The molecule has 0 aliphatic heterocycles. The molecule has 0 amide bonds. The summed E-state index contributed by atoms with van der Waals surface area (Å²) < 4.78 is 63.1. The summed E-state index contributed by atoms with van der Waals surface area (Å²) in [5, 5.41) is 0. The number of ether oxygens (including phenoxy) is 2. The minimum absolute atomic E-state index is 0.0678. The molecule has 0 saturated carbocycles. The van der Waals surface area contributed by atoms with Gasteiger partial charge in [-0.25, -0.2) is 0 Å². The van der Waals surface area contributed by atoms with Crippen LogP contribution in [0.1, 0.15) is 10.4 Å². The maximum absolute atomic E-state index is 13.5. The molecule has 1 aromatic carbocycles. The molecule has 2 rings (SSSR count). The average molecular weight is 380 g/mol. The Hall–Kier alpha value is -2.16. The Kier molecular flexibility index (Phi) is 4.65. The third-order valence-corrected chi connectivity index (χ3v) is 3.27. The van der Waals surface area contributed by atoms with Gasteiger partial charge in [0.05, 0.1) is 7.11 Å². The summed E-state index contributed by atoms with van der Waals surface area (Å²) in [4.78, 5) is 13.2. The van der Waals surface area contributed by atoms with Crippen LogP contribution in [0.15, 0.2) is 16.6 Å². The van der Waals surface area contributed by atoms with Crippen molar-refractivity contribution in [2.45, 2.75) is 0 Å². The van der Waals surface area contributed by atoms with Crippen molar-refractivity contribution in [2.75, 3.05) is 7.11 Å². The highest BCUT2D eigenvalue weighted by Gasteiger charge is 2.24. The van der Waals surface area contributed by atoms with E-state index in [1.807, 2.05) is 0 Å². The van der Waals surface area contributed by atoms with Crippen LogP contribution < -0.4 is 9.47 Å². The second-order valence-electron chi connectivity index (χ2n) is 3.90. The standard InChI is InChI=1S/C13H6BrF4NO3/c1-21-7-2-5(4-20)6(14)3-8(7)22-11-9(15)12(17)19-13(18)10(11)16/h2-4H,1H3. The molecule has 0 fully saturated rings. The molecule has 2 aromatic rings. The van der Waals surface area contributed by atoms with Crippen molar-refractivity contribution in [1.29, 1.82) is 0 Å². The Bertz CT molecular complexity index is 729. The number of halogens is 5. The predicted octanol–water partition coefficient (Wildman–Crippen LogP) is 4.01. The van der Waals surface area contributed by atoms with E-state index in [0.29, 0.717) is 6.29 Å². The molecule has 0 aliphatic carbocycles. The lowest BCUT2D eigenvalue weighted by atomic mass is 10.2. The summed E-state index contributed by atoms with van der Waals surface area (Å²) >= 11 is 3.04. The predicted molar refractivity (Wildman–Crippen MR) is 70.2 cm³/mol. The van der Waals surface area contributed by atoms with E-state index in [1.165, 1.54) is 13.2 Å². The SMILES string of the molecule is COc1cc(C=O)c(Br)cc1Oc1c(F)c(F)nc(F)c1F. The number of aromatic nitrogens is 1. The normalized spacial score (nSPS) is 10.5. The van der Waals surface area contributed by atoms with E-state index in [1.54, 1.807) is 0 Å². The lowest BCUT2D eigenvalue weighted by Gasteiger charge is -2.13. The molecule has 9 heteroatoms. The van der Waals surface area contributed by atoms with E-state index in [4.69, 9.17) is 9.47 Å². The van der Waals surface area contributed by atoms with Crippen LogP contribution in [0.5, 0.6) is 17.2 Å². The van der Waals surface area contributed by atoms with Crippen LogP contribution in [0.3, 0.4) is 0 Å². The highest BCUT2D eigenvalue weighted by atomic mass is 79.9. The average Bonchev–Trinajstić information content (AvgIpc) is 2.49. The Balaban J connectivity index is 2.56. The number of rotatable bonds is 4. The van der Waals surface area contributed by atoms with Crippen molar-refractivity contribution in [2.24, 2.45) is 0 Å². The maximum atomic E-state index is 13.5. The highest BCUT2D eigenvalue weighted by Crippen LogP contribution is 2.38. The number of hydrogen-bond donors (Lipinski definition) is 0. The number of carbonyl (C=O) groups excluding carboxylic acids is 1. The topological polar surface area (TPSA) is 48.4 Å². The smallest absolute Gasteiger partial charge is 0.255 e. The first-order chi connectivity index (χ1) is 10.4. The summed E-state index contributed by atoms with van der Waals surface area (Å²) in [6.45, 7) is 0. The van der Waals surface area contributed by atoms with Crippen molar-refractivity contribution >= 4 is 22.2 Å². The molecule has 22 heavy (non-hydrogen) atoms. The number of nitrogens with zero attached hydrogens (tertiary/aromatic N) is 1. The van der Waals surface area contributed by atoms with Gasteiger partial charge in [-0.3, -0.25) is 4.79 Å². The van der Waals surface area contributed by atoms with Crippen LogP contribution in [0, 0.1) is 23.5 Å². The zero-order chi connectivity index (χ0) is 16.4. The van der Waals surface area contributed by atoms with Gasteiger partial charge >= 0.3 is 0 Å². The van der Waals surface area contributed by atoms with Gasteiger partial charge in [0, 0.05) is 10.0 Å². The van der Waals surface area contributed by atoms with E-state index in [0.717, 1.165) is 6.07 Å². The monoisotopic (exact) mass is 379 g/mol. The van der Waals surface area contributed by atoms with Crippen molar-refractivity contribution in [1.82, 2.24) is 4.98 Å². The van der Waals surface area contributed by atoms with Crippen LogP contribution in [-0.2, 0) is 0 Å². The minimum atomic E-state index is -1.85. The molecule has 116 valence electrons. The number of methoxy groups -OCH3 is 1. The molecule has 0 bridgehead atoms. The second-order valence-corrected chi connectivity index (χ2v) is 4.75. The van der Waals surface area contributed by atoms with Gasteiger partial charge in [0.1, 0.15) is 0 Å². The summed E-state index contributed by atoms with van der Waals surface area (Å²) in [5.41, 5.74) is 0.178. The second kappa shape index (κ2) is 6.30. The Morgan fingerprint density at radius 2 is 1.68 bits per heavy atom. The molecule has 4 nitrogen and oxygen atoms in total. The highest BCUT2D eigenvalue weighted by molar-refractivity contribution is 9.10. The number of hydrogen-bond acceptors (Lipinski definition) is 4. The van der Waals surface area contributed by atoms with Crippen LogP contribution in [0.25, 0.3) is 0 Å². The molecule has 0 spiro atoms. The summed E-state index contributed by atoms with van der Waals surface area (Å²) in [5.74, 6) is -8.93. The number of pyridine rings is 1. The van der Waals surface area contributed by atoms with Gasteiger partial charge in [0.25, 0.3) is 11.9 Å². The first-order valence-corrected chi connectivity index (χ1v) is 6.38. The Morgan fingerprint density at radius 3 is 2.18 bits per heavy atom. The number of benzene rings is 1. The molecule has 0 aliphatic rings. The Morgan fingerprint density at radius 1 is 1.09 bits per heavy atom. The largest absolute Gasteiger partial charge is 0.493 e. The van der Waals surface area contributed by atoms with Gasteiger partial charge in [-0.1, -0.05) is 0 Å². The quantitative estimate of drug-likeness (QED) is 0.457. The van der Waals surface area contributed by atoms with Crippen molar-refractivity contribution in [3.63, 3.8) is 0 Å². The zero-order valence-electron chi connectivity index (χ0n) is 10.8. The van der Waals surface area contributed by atoms with Crippen LogP contribution >= 0.6 is 15.9 Å². The third kappa shape index (κ3) is 2.89. The van der Waals surface area contributed by atoms with E-state index >= 15 is 0 Å². The van der Waals surface area contributed by atoms with Crippen molar-refractivity contribution < 1.29 is 31.8 Å². The summed E-state index contributed by atoms with van der Waals surface area (Å²) in [6, 6.07) is 2.38. The van der Waals surface area contributed by atoms with E-state index in [-0.39, 0.29) is 21.5 Å². The maximum Gasteiger partial charge on any atom is 0.255 e. The number of aldehydes is 1. The van der Waals surface area contributed by atoms with Crippen LogP contribution in [0.2, 0.25) is 0 Å². The molecule has 0 saturated heterocycles. The molecule has 0 radical (unpaired) electrons. The third-order valence-electron chi connectivity index (χ3n) is 2.58. The van der Waals surface area contributed by atoms with Gasteiger partial charge in [-0.2, -0.15) is 22.5 Å². The van der Waals surface area contributed by atoms with Gasteiger partial charge in [-0.15, -0.1) is 0 Å². The van der Waals surface area contributed by atoms with E-state index < -0.39 is 29.3 Å². The fraction of sp³-hybridized carbons (Fsp3) is 0.0769. The summed E-state index contributed by atoms with van der Waals surface area (Å²) in [6.07, 6.45) is 0.503. The summed E-state index contributed by atoms with van der Waals surface area (Å²) in [7, 11) is 1.21. The molecule has 0 atom stereocenters. The fourth-order valence-corrected chi connectivity index (χ4v) is 1.96. The zero-order valence-corrected chi connectivity index (χ0v) is 12.4. The lowest BCUT2D eigenvalue weighted by molar-refractivity contribution is 0.112. The molecule has 0 unspecified atom stereocenters. The molecular weight excluding hydrogens is 374 g/mol.